The lowest BCUT2D eigenvalue weighted by Crippen LogP contribution is -2.58. The highest BCUT2D eigenvalue weighted by Gasteiger charge is 2.40. The van der Waals surface area contributed by atoms with Crippen LogP contribution in [0.2, 0.25) is 0 Å². The predicted molar refractivity (Wildman–Crippen MR) is 92.7 cm³/mol. The van der Waals surface area contributed by atoms with Crippen molar-refractivity contribution in [1.82, 2.24) is 9.47 Å². The second-order valence-corrected chi connectivity index (χ2v) is 8.68. The van der Waals surface area contributed by atoms with Crippen molar-refractivity contribution in [3.63, 3.8) is 0 Å². The lowest BCUT2D eigenvalue weighted by molar-refractivity contribution is -0.137. The molecule has 0 aliphatic carbocycles. The number of aromatic nitrogens is 1. The summed E-state index contributed by atoms with van der Waals surface area (Å²) in [6.07, 6.45) is 1.62. The fourth-order valence-corrected chi connectivity index (χ4v) is 4.26. The third kappa shape index (κ3) is 2.73. The Bertz CT molecular complexity index is 942. The number of nitrogens with zero attached hydrogens (tertiary/aromatic N) is 2. The van der Waals surface area contributed by atoms with E-state index in [4.69, 9.17) is 0 Å². The molecule has 3 rings (SSSR count). The number of carbonyl (C=O) groups excluding carboxylic acids is 1. The molecule has 1 aliphatic heterocycles. The molecule has 0 radical (unpaired) electrons. The minimum Gasteiger partial charge on any atom is -0.338 e. The molecule has 24 heavy (non-hydrogen) atoms. The third-order valence-electron chi connectivity index (χ3n) is 4.69. The Morgan fingerprint density at radius 2 is 1.92 bits per heavy atom. The average Bonchev–Trinajstić information content (AvgIpc) is 2.53. The number of fused-ring (bicyclic) bond motifs is 1. The molecule has 1 atom stereocenters. The standard InChI is InChI=1S/C17H20N2O4S/c1-3-24(22,23)14-10-18(11-14)16(20)12(2)19-9-8-13-6-4-5-7-15(13)17(19)21/h4-9,12,14H,3,10-11H2,1-2H3. The van der Waals surface area contributed by atoms with Gasteiger partial charge in [0.15, 0.2) is 9.84 Å². The monoisotopic (exact) mass is 348 g/mol. The summed E-state index contributed by atoms with van der Waals surface area (Å²) >= 11 is 0. The van der Waals surface area contributed by atoms with E-state index >= 15 is 0 Å². The van der Waals surface area contributed by atoms with Crippen LogP contribution in [0.1, 0.15) is 19.9 Å². The molecular weight excluding hydrogens is 328 g/mol. The minimum absolute atomic E-state index is 0.0827. The zero-order chi connectivity index (χ0) is 17.5. The van der Waals surface area contributed by atoms with Gasteiger partial charge in [0.2, 0.25) is 5.91 Å². The Kier molecular flexibility index (Phi) is 4.21. The van der Waals surface area contributed by atoms with Crippen LogP contribution in [-0.2, 0) is 14.6 Å². The maximum Gasteiger partial charge on any atom is 0.259 e. The lowest BCUT2D eigenvalue weighted by Gasteiger charge is -2.40. The molecule has 1 aliphatic rings. The molecular formula is C17H20N2O4S. The van der Waals surface area contributed by atoms with Crippen LogP contribution >= 0.6 is 0 Å². The van der Waals surface area contributed by atoms with Gasteiger partial charge < -0.3 is 9.47 Å². The quantitative estimate of drug-likeness (QED) is 0.832. The third-order valence-corrected chi connectivity index (χ3v) is 6.80. The summed E-state index contributed by atoms with van der Waals surface area (Å²) in [6, 6.07) is 8.38. The summed E-state index contributed by atoms with van der Waals surface area (Å²) in [5.74, 6) is -0.144. The summed E-state index contributed by atoms with van der Waals surface area (Å²) in [5.41, 5.74) is -0.216. The molecule has 6 nitrogen and oxygen atoms in total. The Labute approximate surface area is 140 Å². The first-order chi connectivity index (χ1) is 11.3. The van der Waals surface area contributed by atoms with Gasteiger partial charge in [-0.15, -0.1) is 0 Å². The van der Waals surface area contributed by atoms with Crippen molar-refractivity contribution in [2.75, 3.05) is 18.8 Å². The van der Waals surface area contributed by atoms with Gasteiger partial charge in [0.05, 0.1) is 5.25 Å². The van der Waals surface area contributed by atoms with E-state index in [1.807, 2.05) is 12.1 Å². The largest absolute Gasteiger partial charge is 0.338 e. The van der Waals surface area contributed by atoms with E-state index in [0.717, 1.165) is 5.39 Å². The van der Waals surface area contributed by atoms with Crippen LogP contribution in [0.3, 0.4) is 0 Å². The number of hydrogen-bond acceptors (Lipinski definition) is 4. The van der Waals surface area contributed by atoms with Crippen molar-refractivity contribution < 1.29 is 13.2 Å². The number of amides is 1. The van der Waals surface area contributed by atoms with Crippen molar-refractivity contribution in [2.24, 2.45) is 0 Å². The molecule has 2 heterocycles. The first kappa shape index (κ1) is 16.7. The molecule has 1 fully saturated rings. The fourth-order valence-electron chi connectivity index (χ4n) is 2.97. The molecule has 1 amide bonds. The van der Waals surface area contributed by atoms with Crippen LogP contribution in [0.15, 0.2) is 41.3 Å². The van der Waals surface area contributed by atoms with E-state index in [0.29, 0.717) is 5.39 Å². The smallest absolute Gasteiger partial charge is 0.259 e. The maximum atomic E-state index is 12.6. The van der Waals surface area contributed by atoms with E-state index < -0.39 is 21.1 Å². The highest BCUT2D eigenvalue weighted by atomic mass is 32.2. The van der Waals surface area contributed by atoms with E-state index in [1.165, 1.54) is 9.47 Å². The number of benzene rings is 1. The summed E-state index contributed by atoms with van der Waals surface area (Å²) in [7, 11) is -3.12. The first-order valence-corrected chi connectivity index (χ1v) is 9.67. The SMILES string of the molecule is CCS(=O)(=O)C1CN(C(=O)C(C)n2ccc3ccccc3c2=O)C1. The molecule has 128 valence electrons. The van der Waals surface area contributed by atoms with Crippen LogP contribution in [0, 0.1) is 0 Å². The number of sulfone groups is 1. The maximum absolute atomic E-state index is 12.6. The second-order valence-electron chi connectivity index (χ2n) is 6.11. The van der Waals surface area contributed by atoms with Gasteiger partial charge in [0.1, 0.15) is 6.04 Å². The average molecular weight is 348 g/mol. The first-order valence-electron chi connectivity index (χ1n) is 7.95. The van der Waals surface area contributed by atoms with Crippen LogP contribution in [-0.4, -0.2) is 47.9 Å². The number of hydrogen-bond donors (Lipinski definition) is 0. The van der Waals surface area contributed by atoms with Crippen LogP contribution < -0.4 is 5.56 Å². The molecule has 7 heteroatoms. The van der Waals surface area contributed by atoms with Crippen LogP contribution in [0.4, 0.5) is 0 Å². The van der Waals surface area contributed by atoms with Gasteiger partial charge in [-0.2, -0.15) is 0 Å². The summed E-state index contributed by atoms with van der Waals surface area (Å²) in [4.78, 5) is 26.6. The van der Waals surface area contributed by atoms with E-state index in [-0.39, 0.29) is 30.3 Å². The Balaban J connectivity index is 1.81. The highest BCUT2D eigenvalue weighted by molar-refractivity contribution is 7.92. The topological polar surface area (TPSA) is 76.5 Å². The number of rotatable bonds is 4. The van der Waals surface area contributed by atoms with Gasteiger partial charge in [-0.3, -0.25) is 9.59 Å². The number of likely N-dealkylation sites (tertiary alicyclic amines) is 1. The molecule has 0 spiro atoms. The van der Waals surface area contributed by atoms with Crippen LogP contribution in [0.25, 0.3) is 10.8 Å². The lowest BCUT2D eigenvalue weighted by atomic mass is 10.1. The van der Waals surface area contributed by atoms with Crippen molar-refractivity contribution in [2.45, 2.75) is 25.1 Å². The van der Waals surface area contributed by atoms with Crippen molar-refractivity contribution in [1.29, 1.82) is 0 Å². The normalized spacial score (nSPS) is 16.8. The van der Waals surface area contributed by atoms with Gasteiger partial charge >= 0.3 is 0 Å². The molecule has 1 saturated heterocycles. The van der Waals surface area contributed by atoms with E-state index in [1.54, 1.807) is 38.2 Å². The van der Waals surface area contributed by atoms with Crippen LogP contribution in [0.5, 0.6) is 0 Å². The molecule has 2 aromatic rings. The number of carbonyl (C=O) groups is 1. The van der Waals surface area contributed by atoms with E-state index in [2.05, 4.69) is 0 Å². The zero-order valence-corrected chi connectivity index (χ0v) is 14.5. The zero-order valence-electron chi connectivity index (χ0n) is 13.7. The van der Waals surface area contributed by atoms with Crippen molar-refractivity contribution in [3.05, 3.63) is 46.9 Å². The minimum atomic E-state index is -3.12. The van der Waals surface area contributed by atoms with Crippen molar-refractivity contribution >= 4 is 26.5 Å². The Morgan fingerprint density at radius 3 is 2.58 bits per heavy atom. The summed E-state index contributed by atoms with van der Waals surface area (Å²) < 4.78 is 25.0. The van der Waals surface area contributed by atoms with Gasteiger partial charge in [0.25, 0.3) is 5.56 Å². The van der Waals surface area contributed by atoms with E-state index in [9.17, 15) is 18.0 Å². The summed E-state index contributed by atoms with van der Waals surface area (Å²) in [5, 5.41) is 0.915. The molecule has 0 N–H and O–H groups in total. The molecule has 1 unspecified atom stereocenters. The fraction of sp³-hybridized carbons (Fsp3) is 0.412. The predicted octanol–water partition coefficient (Wildman–Crippen LogP) is 1.21. The van der Waals surface area contributed by atoms with Gasteiger partial charge in [-0.25, -0.2) is 8.42 Å². The highest BCUT2D eigenvalue weighted by Crippen LogP contribution is 2.21. The second kappa shape index (κ2) is 6.05. The van der Waals surface area contributed by atoms with Gasteiger partial charge in [0, 0.05) is 30.4 Å². The molecule has 0 bridgehead atoms. The molecule has 0 saturated carbocycles. The summed E-state index contributed by atoms with van der Waals surface area (Å²) in [6.45, 7) is 3.70. The Morgan fingerprint density at radius 1 is 1.25 bits per heavy atom. The van der Waals surface area contributed by atoms with Crippen molar-refractivity contribution in [3.8, 4) is 0 Å². The van der Waals surface area contributed by atoms with Gasteiger partial charge in [-0.1, -0.05) is 25.1 Å². The van der Waals surface area contributed by atoms with Gasteiger partial charge in [-0.05, 0) is 24.4 Å². The Hall–Kier alpha value is -2.15. The number of pyridine rings is 1. The molecule has 1 aromatic heterocycles. The molecule has 1 aromatic carbocycles.